The quantitative estimate of drug-likeness (QED) is 0.278. The van der Waals surface area contributed by atoms with Gasteiger partial charge in [0.15, 0.2) is 4.34 Å². The maximum atomic E-state index is 13.2. The highest BCUT2D eigenvalue weighted by atomic mass is 32.2. The number of para-hydroxylation sites is 1. The van der Waals surface area contributed by atoms with Crippen LogP contribution in [0.4, 0.5) is 9.52 Å². The van der Waals surface area contributed by atoms with Gasteiger partial charge in [-0.1, -0.05) is 60.4 Å². The third-order valence-corrected chi connectivity index (χ3v) is 7.19. The largest absolute Gasteiger partial charge is 0.342 e. The van der Waals surface area contributed by atoms with Gasteiger partial charge in [0.25, 0.3) is 0 Å². The first-order valence-electron chi connectivity index (χ1n) is 9.33. The summed E-state index contributed by atoms with van der Waals surface area (Å²) in [5.41, 5.74) is 2.10. The van der Waals surface area contributed by atoms with E-state index in [9.17, 15) is 9.18 Å². The predicted octanol–water partition coefficient (Wildman–Crippen LogP) is 5.52. The zero-order valence-electron chi connectivity index (χ0n) is 16.2. The molecule has 30 heavy (non-hydrogen) atoms. The molecular formula is C21H19FN4OS3. The average Bonchev–Trinajstić information content (AvgIpc) is 3.33. The Morgan fingerprint density at radius 3 is 2.73 bits per heavy atom. The second kappa shape index (κ2) is 9.63. The first kappa shape index (κ1) is 20.9. The molecule has 1 amide bonds. The number of amides is 1. The number of halogens is 1. The average molecular weight is 459 g/mol. The second-order valence-corrected chi connectivity index (χ2v) is 9.91. The van der Waals surface area contributed by atoms with E-state index in [1.165, 1.54) is 35.2 Å². The Bertz CT molecular complexity index is 1160. The van der Waals surface area contributed by atoms with Crippen LogP contribution in [0.5, 0.6) is 0 Å². The Kier molecular flexibility index (Phi) is 6.71. The van der Waals surface area contributed by atoms with Crippen LogP contribution in [0.15, 0.2) is 64.0 Å². The molecule has 1 N–H and O–H groups in total. The molecule has 0 aliphatic heterocycles. The topological polar surface area (TPSA) is 59.8 Å². The monoisotopic (exact) mass is 458 g/mol. The van der Waals surface area contributed by atoms with E-state index in [4.69, 9.17) is 0 Å². The second-order valence-electron chi connectivity index (χ2n) is 6.41. The van der Waals surface area contributed by atoms with Gasteiger partial charge in [-0.25, -0.2) is 4.39 Å². The SMILES string of the molecule is CCSc1nnc(NC(=O)CSc2cn(Cc3ccc(F)cc3)c3ccccc23)s1. The van der Waals surface area contributed by atoms with Crippen molar-refractivity contribution >= 4 is 56.8 Å². The molecule has 4 rings (SSSR count). The van der Waals surface area contributed by atoms with E-state index in [1.807, 2.05) is 25.3 Å². The first-order chi connectivity index (χ1) is 14.6. The fraction of sp³-hybridized carbons (Fsp3) is 0.190. The summed E-state index contributed by atoms with van der Waals surface area (Å²) in [6.45, 7) is 2.68. The third-order valence-electron chi connectivity index (χ3n) is 4.30. The van der Waals surface area contributed by atoms with E-state index in [2.05, 4.69) is 32.2 Å². The zero-order valence-corrected chi connectivity index (χ0v) is 18.6. The summed E-state index contributed by atoms with van der Waals surface area (Å²) in [4.78, 5) is 13.4. The van der Waals surface area contributed by atoms with E-state index in [0.717, 1.165) is 31.5 Å². The summed E-state index contributed by atoms with van der Waals surface area (Å²) in [5.74, 6) is 0.842. The lowest BCUT2D eigenvalue weighted by Crippen LogP contribution is -2.13. The van der Waals surface area contributed by atoms with Gasteiger partial charge < -0.3 is 4.57 Å². The van der Waals surface area contributed by atoms with Gasteiger partial charge in [0.2, 0.25) is 11.0 Å². The molecule has 0 aliphatic carbocycles. The Hall–Kier alpha value is -2.36. The number of carbonyl (C=O) groups is 1. The maximum absolute atomic E-state index is 13.2. The van der Waals surface area contributed by atoms with Crippen LogP contribution in [0.2, 0.25) is 0 Å². The molecule has 2 aromatic carbocycles. The molecule has 0 atom stereocenters. The Labute approximate surface area is 186 Å². The zero-order chi connectivity index (χ0) is 20.9. The summed E-state index contributed by atoms with van der Waals surface area (Å²) in [6.07, 6.45) is 2.05. The lowest BCUT2D eigenvalue weighted by molar-refractivity contribution is -0.113. The van der Waals surface area contributed by atoms with Crippen molar-refractivity contribution in [2.45, 2.75) is 22.7 Å². The fourth-order valence-electron chi connectivity index (χ4n) is 2.99. The van der Waals surface area contributed by atoms with Crippen molar-refractivity contribution in [3.05, 3.63) is 66.1 Å². The molecule has 0 unspecified atom stereocenters. The molecule has 2 aromatic heterocycles. The van der Waals surface area contributed by atoms with Crippen LogP contribution in [0, 0.1) is 5.82 Å². The van der Waals surface area contributed by atoms with Crippen molar-refractivity contribution < 1.29 is 9.18 Å². The van der Waals surface area contributed by atoms with E-state index in [1.54, 1.807) is 23.9 Å². The molecule has 0 bridgehead atoms. The smallest absolute Gasteiger partial charge is 0.236 e. The number of hydrogen-bond acceptors (Lipinski definition) is 6. The van der Waals surface area contributed by atoms with Crippen molar-refractivity contribution in [2.75, 3.05) is 16.8 Å². The van der Waals surface area contributed by atoms with Gasteiger partial charge in [-0.15, -0.1) is 22.0 Å². The van der Waals surface area contributed by atoms with Crippen molar-refractivity contribution in [1.29, 1.82) is 0 Å². The molecule has 0 radical (unpaired) electrons. The normalized spacial score (nSPS) is 11.1. The van der Waals surface area contributed by atoms with Gasteiger partial charge in [0.1, 0.15) is 5.82 Å². The highest BCUT2D eigenvalue weighted by Crippen LogP contribution is 2.31. The molecular weight excluding hydrogens is 439 g/mol. The molecule has 0 fully saturated rings. The number of nitrogens with one attached hydrogen (secondary N) is 1. The molecule has 0 saturated carbocycles. The number of nitrogens with zero attached hydrogens (tertiary/aromatic N) is 3. The third kappa shape index (κ3) is 5.03. The van der Waals surface area contributed by atoms with Crippen molar-refractivity contribution in [2.24, 2.45) is 0 Å². The van der Waals surface area contributed by atoms with Gasteiger partial charge in [-0.2, -0.15) is 0 Å². The maximum Gasteiger partial charge on any atom is 0.236 e. The van der Waals surface area contributed by atoms with Gasteiger partial charge in [-0.3, -0.25) is 10.1 Å². The fourth-order valence-corrected chi connectivity index (χ4v) is 5.54. The lowest BCUT2D eigenvalue weighted by Gasteiger charge is -2.05. The van der Waals surface area contributed by atoms with Crippen LogP contribution in [0.3, 0.4) is 0 Å². The first-order valence-corrected chi connectivity index (χ1v) is 12.1. The minimum Gasteiger partial charge on any atom is -0.342 e. The molecule has 2 heterocycles. The highest BCUT2D eigenvalue weighted by molar-refractivity contribution is 8.01. The van der Waals surface area contributed by atoms with E-state index in [0.29, 0.717) is 11.7 Å². The minimum absolute atomic E-state index is 0.112. The minimum atomic E-state index is -0.241. The van der Waals surface area contributed by atoms with Crippen LogP contribution in [0.25, 0.3) is 10.9 Å². The number of rotatable bonds is 8. The van der Waals surface area contributed by atoms with Crippen molar-refractivity contribution in [3.8, 4) is 0 Å². The predicted molar refractivity (Wildman–Crippen MR) is 123 cm³/mol. The lowest BCUT2D eigenvalue weighted by atomic mass is 10.2. The standard InChI is InChI=1S/C21H19FN4OS3/c1-2-28-21-25-24-20(30-21)23-19(27)13-29-18-12-26(17-6-4-3-5-16(17)18)11-14-7-9-15(22)10-8-14/h3-10,12H,2,11,13H2,1H3,(H,23,24,27). The number of fused-ring (bicyclic) bond motifs is 1. The summed E-state index contributed by atoms with van der Waals surface area (Å²) < 4.78 is 16.2. The molecule has 9 heteroatoms. The number of carbonyl (C=O) groups excluding carboxylic acids is 1. The summed E-state index contributed by atoms with van der Waals surface area (Å²) in [5, 5.41) is 12.5. The van der Waals surface area contributed by atoms with Gasteiger partial charge in [0.05, 0.1) is 5.75 Å². The van der Waals surface area contributed by atoms with Gasteiger partial charge in [-0.05, 0) is 29.5 Å². The Balaban J connectivity index is 1.45. The van der Waals surface area contributed by atoms with Gasteiger partial charge in [0, 0.05) is 28.5 Å². The summed E-state index contributed by atoms with van der Waals surface area (Å²) in [7, 11) is 0. The van der Waals surface area contributed by atoms with E-state index in [-0.39, 0.29) is 17.5 Å². The highest BCUT2D eigenvalue weighted by Gasteiger charge is 2.13. The Morgan fingerprint density at radius 1 is 1.13 bits per heavy atom. The molecule has 0 aliphatic rings. The molecule has 154 valence electrons. The Morgan fingerprint density at radius 2 is 1.93 bits per heavy atom. The van der Waals surface area contributed by atoms with Gasteiger partial charge >= 0.3 is 0 Å². The molecule has 0 saturated heterocycles. The van der Waals surface area contributed by atoms with Crippen LogP contribution < -0.4 is 5.32 Å². The van der Waals surface area contributed by atoms with Crippen LogP contribution in [0.1, 0.15) is 12.5 Å². The number of benzene rings is 2. The van der Waals surface area contributed by atoms with Crippen LogP contribution in [-0.4, -0.2) is 32.2 Å². The van der Waals surface area contributed by atoms with Crippen molar-refractivity contribution in [3.63, 3.8) is 0 Å². The molecule has 5 nitrogen and oxygen atoms in total. The number of hydrogen-bond donors (Lipinski definition) is 1. The van der Waals surface area contributed by atoms with Crippen LogP contribution >= 0.6 is 34.9 Å². The number of anilines is 1. The summed E-state index contributed by atoms with van der Waals surface area (Å²) in [6, 6.07) is 14.6. The summed E-state index contributed by atoms with van der Waals surface area (Å²) >= 11 is 4.48. The van der Waals surface area contributed by atoms with Crippen molar-refractivity contribution in [1.82, 2.24) is 14.8 Å². The van der Waals surface area contributed by atoms with E-state index < -0.39 is 0 Å². The van der Waals surface area contributed by atoms with E-state index >= 15 is 0 Å². The molecule has 0 spiro atoms. The molecule has 4 aromatic rings. The number of thioether (sulfide) groups is 2. The number of aromatic nitrogens is 3. The van der Waals surface area contributed by atoms with Crippen LogP contribution in [-0.2, 0) is 11.3 Å².